The van der Waals surface area contributed by atoms with Crippen molar-refractivity contribution in [3.8, 4) is 0 Å². The highest BCUT2D eigenvalue weighted by Gasteiger charge is 2.21. The Balaban J connectivity index is 2.01. The van der Waals surface area contributed by atoms with Gasteiger partial charge in [0.2, 0.25) is 5.43 Å². The molecule has 2 aromatic rings. The maximum absolute atomic E-state index is 15.6. The molecule has 1 aliphatic rings. The number of aromatic carboxylic acids is 1. The van der Waals surface area contributed by atoms with Crippen molar-refractivity contribution in [2.45, 2.75) is 45.6 Å². The van der Waals surface area contributed by atoms with E-state index in [0.717, 1.165) is 12.8 Å². The lowest BCUT2D eigenvalue weighted by atomic mass is 10.0. The molecule has 0 amide bonds. The topological polar surface area (TPSA) is 97.3 Å². The number of allylic oxidation sites excluding steroid dienone is 6. The Morgan fingerprint density at radius 1 is 1.21 bits per heavy atom. The first-order valence-electron chi connectivity index (χ1n) is 12.8. The van der Waals surface area contributed by atoms with Crippen LogP contribution in [0, 0.1) is 0 Å². The minimum absolute atomic E-state index is 0.0255. The number of rotatable bonds is 13. The molecule has 0 aliphatic heterocycles. The number of nitrogens with one attached hydrogen (secondary N) is 1. The number of carboxylic acid groups (broad SMARTS) is 1. The van der Waals surface area contributed by atoms with E-state index in [2.05, 4.69) is 17.6 Å². The molecule has 7 heteroatoms. The molecule has 1 aromatic carbocycles. The van der Waals surface area contributed by atoms with Crippen LogP contribution >= 0.6 is 0 Å². The summed E-state index contributed by atoms with van der Waals surface area (Å²) in [7, 11) is 0. The number of aromatic nitrogens is 1. The summed E-state index contributed by atoms with van der Waals surface area (Å²) in [6, 6.07) is 10.0. The van der Waals surface area contributed by atoms with E-state index in [0.29, 0.717) is 37.9 Å². The second-order valence-corrected chi connectivity index (χ2v) is 8.86. The molecule has 0 atom stereocenters. The molecule has 0 saturated carbocycles. The van der Waals surface area contributed by atoms with Crippen LogP contribution in [0.4, 0.5) is 4.39 Å². The second-order valence-electron chi connectivity index (χ2n) is 8.86. The van der Waals surface area contributed by atoms with Gasteiger partial charge in [-0.25, -0.2) is 4.79 Å². The third kappa shape index (κ3) is 6.90. The van der Waals surface area contributed by atoms with Crippen molar-refractivity contribution in [3.05, 3.63) is 123 Å². The molecule has 0 saturated heterocycles. The van der Waals surface area contributed by atoms with Gasteiger partial charge in [0.15, 0.2) is 5.83 Å². The van der Waals surface area contributed by atoms with E-state index in [1.165, 1.54) is 11.8 Å². The molecule has 0 radical (unpaired) electrons. The van der Waals surface area contributed by atoms with Crippen LogP contribution in [0.1, 0.15) is 48.5 Å². The van der Waals surface area contributed by atoms with Gasteiger partial charge >= 0.3 is 5.97 Å². The normalized spacial score (nSPS) is 13.3. The fourth-order valence-electron chi connectivity index (χ4n) is 4.36. The second kappa shape index (κ2) is 13.8. The Kier molecular flexibility index (Phi) is 10.3. The summed E-state index contributed by atoms with van der Waals surface area (Å²) in [6.45, 7) is 6.28. The summed E-state index contributed by atoms with van der Waals surface area (Å²) in [6.07, 6.45) is 13.7. The van der Waals surface area contributed by atoms with Crippen LogP contribution in [0.5, 0.6) is 0 Å². The number of carboxylic acids is 1. The van der Waals surface area contributed by atoms with Crippen molar-refractivity contribution in [2.24, 2.45) is 5.73 Å². The maximum atomic E-state index is 15.6. The molecule has 0 bridgehead atoms. The van der Waals surface area contributed by atoms with Crippen LogP contribution in [0.15, 0.2) is 95.4 Å². The van der Waals surface area contributed by atoms with Gasteiger partial charge < -0.3 is 20.7 Å². The number of nitrogens with zero attached hydrogens (tertiary/aromatic N) is 1. The molecular weight excluding hydrogens is 481 g/mol. The van der Waals surface area contributed by atoms with Crippen LogP contribution < -0.4 is 27.0 Å². The summed E-state index contributed by atoms with van der Waals surface area (Å²) in [5, 5.41) is 13.0. The largest absolute Gasteiger partial charge is 0.477 e. The standard InChI is InChI=1S/C31H34FN3O3/c1-3-5-6-7-8-9-13-19-35-21-24(31(37)38)30(36)27-26(35)20-25(32)29(23(4-2)28(27)33)34-18-14-17-22-15-11-10-12-16-22/h3,5-8,10-12,15-16,21,34H,1,4,9,13-14,17-19,33H2,2H3,(H,37,38)/b6-5-,8-7-. The van der Waals surface area contributed by atoms with Crippen LogP contribution in [0.25, 0.3) is 11.4 Å². The molecule has 38 heavy (non-hydrogen) atoms. The van der Waals surface area contributed by atoms with E-state index >= 15 is 4.39 Å². The number of halogens is 1. The van der Waals surface area contributed by atoms with E-state index in [9.17, 15) is 14.7 Å². The van der Waals surface area contributed by atoms with E-state index in [-0.39, 0.29) is 22.0 Å². The number of pyridine rings is 1. The van der Waals surface area contributed by atoms with Crippen molar-refractivity contribution in [3.63, 3.8) is 0 Å². The zero-order valence-electron chi connectivity index (χ0n) is 21.7. The third-order valence-electron chi connectivity index (χ3n) is 6.26. The van der Waals surface area contributed by atoms with Gasteiger partial charge in [-0.2, -0.15) is 4.39 Å². The number of hydrogen-bond donors (Lipinski definition) is 3. The van der Waals surface area contributed by atoms with Gasteiger partial charge in [-0.1, -0.05) is 79.9 Å². The summed E-state index contributed by atoms with van der Waals surface area (Å²) in [5.41, 5.74) is 9.93. The molecule has 0 spiro atoms. The molecule has 3 rings (SSSR count). The van der Waals surface area contributed by atoms with E-state index in [1.54, 1.807) is 10.6 Å². The molecule has 0 fully saturated rings. The molecule has 6 nitrogen and oxygen atoms in total. The molecule has 198 valence electrons. The van der Waals surface area contributed by atoms with Crippen LogP contribution in [0.3, 0.4) is 0 Å². The smallest absolute Gasteiger partial charge is 0.341 e. The van der Waals surface area contributed by atoms with Crippen molar-refractivity contribution in [2.75, 3.05) is 6.54 Å². The summed E-state index contributed by atoms with van der Waals surface area (Å²) < 4.78 is 17.2. The van der Waals surface area contributed by atoms with Crippen LogP contribution in [-0.2, 0) is 13.0 Å². The van der Waals surface area contributed by atoms with Crippen molar-refractivity contribution in [1.82, 2.24) is 9.88 Å². The third-order valence-corrected chi connectivity index (χ3v) is 6.26. The van der Waals surface area contributed by atoms with Gasteiger partial charge in [-0.15, -0.1) is 0 Å². The molecule has 0 unspecified atom stereocenters. The van der Waals surface area contributed by atoms with Crippen molar-refractivity contribution < 1.29 is 14.3 Å². The Hall–Kier alpha value is -4.35. The highest BCUT2D eigenvalue weighted by atomic mass is 19.1. The Morgan fingerprint density at radius 2 is 1.97 bits per heavy atom. The molecule has 1 aromatic heterocycles. The lowest BCUT2D eigenvalue weighted by Crippen LogP contribution is -2.49. The number of benzene rings is 1. The first-order chi connectivity index (χ1) is 18.4. The van der Waals surface area contributed by atoms with Gasteiger partial charge in [-0.3, -0.25) is 4.79 Å². The monoisotopic (exact) mass is 515 g/mol. The van der Waals surface area contributed by atoms with Gasteiger partial charge in [0.1, 0.15) is 10.9 Å². The summed E-state index contributed by atoms with van der Waals surface area (Å²) in [4.78, 5) is 25.1. The summed E-state index contributed by atoms with van der Waals surface area (Å²) in [5.74, 6) is -2.02. The van der Waals surface area contributed by atoms with E-state index in [4.69, 9.17) is 5.73 Å². The lowest BCUT2D eigenvalue weighted by Gasteiger charge is -2.14. The summed E-state index contributed by atoms with van der Waals surface area (Å²) >= 11 is 0. The molecule has 4 N–H and O–H groups in total. The number of carbonyl (C=O) groups is 1. The number of aryl methyl sites for hydroxylation is 2. The Labute approximate surface area is 222 Å². The number of nitrogens with two attached hydrogens (primary N) is 1. The van der Waals surface area contributed by atoms with Gasteiger partial charge in [0.25, 0.3) is 0 Å². The highest BCUT2D eigenvalue weighted by Crippen LogP contribution is 2.21. The molecule has 1 aliphatic carbocycles. The minimum Gasteiger partial charge on any atom is -0.477 e. The number of unbranched alkanes of at least 4 members (excludes halogenated alkanes) is 1. The molecular formula is C31H34FN3O3. The fourth-order valence-corrected chi connectivity index (χ4v) is 4.36. The van der Waals surface area contributed by atoms with E-state index < -0.39 is 22.8 Å². The van der Waals surface area contributed by atoms with Crippen molar-refractivity contribution >= 4 is 17.4 Å². The number of hydrogen-bond acceptors (Lipinski definition) is 4. The minimum atomic E-state index is -1.36. The maximum Gasteiger partial charge on any atom is 0.341 e. The quantitative estimate of drug-likeness (QED) is 0.278. The number of fused-ring (bicyclic) bond motifs is 1. The average molecular weight is 516 g/mol. The molecule has 1 heterocycles. The zero-order chi connectivity index (χ0) is 27.5. The SMILES string of the molecule is C=C/C=C\C=C/CCCn1cc(C(=O)O)c(=O)c2c1=C=C(F)C(NCCCc1ccccc1)=C(CC)C=2N. The fraction of sp³-hybridized carbons (Fsp3) is 0.258. The highest BCUT2D eigenvalue weighted by molar-refractivity contribution is 5.87. The van der Waals surface area contributed by atoms with Gasteiger partial charge in [0, 0.05) is 24.9 Å². The van der Waals surface area contributed by atoms with E-state index in [1.807, 2.05) is 61.6 Å². The van der Waals surface area contributed by atoms with Gasteiger partial charge in [0.05, 0.1) is 16.6 Å². The van der Waals surface area contributed by atoms with Gasteiger partial charge in [-0.05, 0) is 37.7 Å². The Morgan fingerprint density at radius 3 is 2.66 bits per heavy atom. The first-order valence-corrected chi connectivity index (χ1v) is 12.8. The average Bonchev–Trinajstić information content (AvgIpc) is 3.01. The first kappa shape index (κ1) is 28.2. The Bertz CT molecular complexity index is 1490. The zero-order valence-corrected chi connectivity index (χ0v) is 21.7. The van der Waals surface area contributed by atoms with Crippen LogP contribution in [-0.4, -0.2) is 22.2 Å². The predicted octanol–water partition coefficient (Wildman–Crippen LogP) is 3.82. The lowest BCUT2D eigenvalue weighted by molar-refractivity contribution is 0.0694. The predicted molar refractivity (Wildman–Crippen MR) is 150 cm³/mol. The van der Waals surface area contributed by atoms with Crippen LogP contribution in [0.2, 0.25) is 0 Å². The van der Waals surface area contributed by atoms with Crippen molar-refractivity contribution in [1.29, 1.82) is 0 Å².